The van der Waals surface area contributed by atoms with Crippen molar-refractivity contribution in [1.82, 2.24) is 4.90 Å². The van der Waals surface area contributed by atoms with E-state index in [2.05, 4.69) is 29.0 Å². The van der Waals surface area contributed by atoms with E-state index in [1.165, 1.54) is 30.5 Å². The van der Waals surface area contributed by atoms with Crippen LogP contribution >= 0.6 is 11.6 Å². The molecule has 2 saturated heterocycles. The minimum Gasteiger partial charge on any atom is -0.370 e. The van der Waals surface area contributed by atoms with Gasteiger partial charge in [0.1, 0.15) is 0 Å². The largest absolute Gasteiger partial charge is 0.370 e. The van der Waals surface area contributed by atoms with Crippen molar-refractivity contribution in [1.29, 1.82) is 0 Å². The number of anilines is 1. The van der Waals surface area contributed by atoms with Crippen LogP contribution in [-0.4, -0.2) is 43.2 Å². The van der Waals surface area contributed by atoms with Crippen LogP contribution in [0.15, 0.2) is 18.2 Å². The molecule has 1 aromatic rings. The second-order valence-corrected chi connectivity index (χ2v) is 7.11. The Balaban J connectivity index is 1.88. The molecule has 21 heavy (non-hydrogen) atoms. The van der Waals surface area contributed by atoms with Gasteiger partial charge in [-0.15, -0.1) is 0 Å². The van der Waals surface area contributed by atoms with Crippen LogP contribution in [0.1, 0.15) is 31.7 Å². The number of fused-ring (bicyclic) bond motifs is 2. The lowest BCUT2D eigenvalue weighted by Crippen LogP contribution is -2.37. The van der Waals surface area contributed by atoms with Gasteiger partial charge in [0.05, 0.1) is 0 Å². The SMILES string of the molecule is CC(N)Cc1c(Cl)cccc1N1CCC2CCC(C1)N2C. The molecule has 2 heterocycles. The number of hydrogen-bond acceptors (Lipinski definition) is 3. The maximum Gasteiger partial charge on any atom is 0.0459 e. The minimum absolute atomic E-state index is 0.134. The molecule has 116 valence electrons. The molecule has 0 spiro atoms. The molecule has 0 aromatic heterocycles. The normalized spacial score (nSPS) is 27.7. The monoisotopic (exact) mass is 307 g/mol. The highest BCUT2D eigenvalue weighted by atomic mass is 35.5. The van der Waals surface area contributed by atoms with Crippen LogP contribution in [0.5, 0.6) is 0 Å². The number of hydrogen-bond donors (Lipinski definition) is 1. The summed E-state index contributed by atoms with van der Waals surface area (Å²) >= 11 is 6.45. The zero-order valence-electron chi connectivity index (χ0n) is 13.1. The average Bonchev–Trinajstić information content (AvgIpc) is 2.66. The van der Waals surface area contributed by atoms with Gasteiger partial charge >= 0.3 is 0 Å². The first-order valence-corrected chi connectivity index (χ1v) is 8.44. The van der Waals surface area contributed by atoms with Crippen molar-refractivity contribution in [2.75, 3.05) is 25.0 Å². The fourth-order valence-electron chi connectivity index (χ4n) is 3.90. The molecule has 3 atom stereocenters. The highest BCUT2D eigenvalue weighted by Crippen LogP contribution is 2.34. The fourth-order valence-corrected chi connectivity index (χ4v) is 4.14. The van der Waals surface area contributed by atoms with Gasteiger partial charge in [0, 0.05) is 41.9 Å². The maximum atomic E-state index is 6.45. The van der Waals surface area contributed by atoms with Gasteiger partial charge in [-0.1, -0.05) is 17.7 Å². The van der Waals surface area contributed by atoms with Gasteiger partial charge < -0.3 is 10.6 Å². The summed E-state index contributed by atoms with van der Waals surface area (Å²) in [6, 6.07) is 7.84. The zero-order chi connectivity index (χ0) is 15.0. The molecule has 2 fully saturated rings. The van der Waals surface area contributed by atoms with Crippen molar-refractivity contribution in [3.8, 4) is 0 Å². The summed E-state index contributed by atoms with van der Waals surface area (Å²) in [4.78, 5) is 5.11. The molecule has 3 nitrogen and oxygen atoms in total. The van der Waals surface area contributed by atoms with E-state index in [-0.39, 0.29) is 6.04 Å². The van der Waals surface area contributed by atoms with E-state index >= 15 is 0 Å². The van der Waals surface area contributed by atoms with E-state index in [9.17, 15) is 0 Å². The third kappa shape index (κ3) is 3.05. The van der Waals surface area contributed by atoms with Crippen molar-refractivity contribution in [2.45, 2.75) is 50.7 Å². The van der Waals surface area contributed by atoms with Crippen molar-refractivity contribution >= 4 is 17.3 Å². The number of nitrogens with two attached hydrogens (primary N) is 1. The average molecular weight is 308 g/mol. The van der Waals surface area contributed by atoms with Gasteiger partial charge in [-0.25, -0.2) is 0 Å². The molecule has 2 bridgehead atoms. The first kappa shape index (κ1) is 15.1. The summed E-state index contributed by atoms with van der Waals surface area (Å²) in [5.74, 6) is 0. The summed E-state index contributed by atoms with van der Waals surface area (Å²) < 4.78 is 0. The number of benzene rings is 1. The summed E-state index contributed by atoms with van der Waals surface area (Å²) in [7, 11) is 2.28. The minimum atomic E-state index is 0.134. The quantitative estimate of drug-likeness (QED) is 0.932. The highest BCUT2D eigenvalue weighted by molar-refractivity contribution is 6.31. The summed E-state index contributed by atoms with van der Waals surface area (Å²) in [6.07, 6.45) is 4.77. The van der Waals surface area contributed by atoms with Crippen LogP contribution in [0.3, 0.4) is 0 Å². The van der Waals surface area contributed by atoms with E-state index in [0.29, 0.717) is 6.04 Å². The van der Waals surface area contributed by atoms with Gasteiger partial charge in [0.2, 0.25) is 0 Å². The number of nitrogens with zero attached hydrogens (tertiary/aromatic N) is 2. The summed E-state index contributed by atoms with van der Waals surface area (Å²) in [6.45, 7) is 4.28. The Hall–Kier alpha value is -0.770. The van der Waals surface area contributed by atoms with E-state index in [1.54, 1.807) is 0 Å². The number of rotatable bonds is 3. The van der Waals surface area contributed by atoms with Crippen LogP contribution in [0.4, 0.5) is 5.69 Å². The van der Waals surface area contributed by atoms with Gasteiger partial charge in [-0.05, 0) is 57.4 Å². The lowest BCUT2D eigenvalue weighted by atomic mass is 10.0. The lowest BCUT2D eigenvalue weighted by molar-refractivity contribution is 0.254. The Morgan fingerprint density at radius 2 is 2.05 bits per heavy atom. The predicted molar refractivity (Wildman–Crippen MR) is 90.2 cm³/mol. The van der Waals surface area contributed by atoms with E-state index in [4.69, 9.17) is 17.3 Å². The third-order valence-electron chi connectivity index (χ3n) is 5.11. The Labute approximate surface area is 133 Å². The lowest BCUT2D eigenvalue weighted by Gasteiger charge is -2.30. The fraction of sp³-hybridized carbons (Fsp3) is 0.647. The molecule has 0 amide bonds. The Kier molecular flexibility index (Phi) is 4.43. The zero-order valence-corrected chi connectivity index (χ0v) is 13.8. The predicted octanol–water partition coefficient (Wildman–Crippen LogP) is 2.90. The third-order valence-corrected chi connectivity index (χ3v) is 5.46. The van der Waals surface area contributed by atoms with Crippen LogP contribution < -0.4 is 10.6 Å². The Morgan fingerprint density at radius 1 is 1.29 bits per heavy atom. The van der Waals surface area contributed by atoms with E-state index in [1.807, 2.05) is 13.0 Å². The first-order valence-electron chi connectivity index (χ1n) is 8.06. The van der Waals surface area contributed by atoms with Gasteiger partial charge in [-0.2, -0.15) is 0 Å². The standard InChI is InChI=1S/C17H26ClN3/c1-12(19)10-15-16(18)4-3-5-17(15)21-9-8-13-6-7-14(11-21)20(13)2/h3-5,12-14H,6-11,19H2,1-2H3. The Bertz CT molecular complexity index is 503. The molecular weight excluding hydrogens is 282 g/mol. The molecular formula is C17H26ClN3. The van der Waals surface area contributed by atoms with Crippen molar-refractivity contribution in [2.24, 2.45) is 5.73 Å². The van der Waals surface area contributed by atoms with Crippen LogP contribution in [-0.2, 0) is 6.42 Å². The topological polar surface area (TPSA) is 32.5 Å². The van der Waals surface area contributed by atoms with Gasteiger partial charge in [0.15, 0.2) is 0 Å². The molecule has 2 N–H and O–H groups in total. The molecule has 2 aliphatic rings. The van der Waals surface area contributed by atoms with E-state index in [0.717, 1.165) is 30.6 Å². The Morgan fingerprint density at radius 3 is 2.81 bits per heavy atom. The molecule has 0 radical (unpaired) electrons. The van der Waals surface area contributed by atoms with Crippen molar-refractivity contribution in [3.05, 3.63) is 28.8 Å². The van der Waals surface area contributed by atoms with Gasteiger partial charge in [0.25, 0.3) is 0 Å². The van der Waals surface area contributed by atoms with Crippen molar-refractivity contribution < 1.29 is 0 Å². The summed E-state index contributed by atoms with van der Waals surface area (Å²) in [5, 5.41) is 0.854. The molecule has 1 aromatic carbocycles. The van der Waals surface area contributed by atoms with Crippen LogP contribution in [0.25, 0.3) is 0 Å². The van der Waals surface area contributed by atoms with Gasteiger partial charge in [-0.3, -0.25) is 4.90 Å². The molecule has 3 unspecified atom stereocenters. The van der Waals surface area contributed by atoms with Crippen LogP contribution in [0.2, 0.25) is 5.02 Å². The molecule has 3 rings (SSSR count). The molecule has 0 saturated carbocycles. The number of likely N-dealkylation sites (N-methyl/N-ethyl adjacent to an activating group) is 1. The van der Waals surface area contributed by atoms with E-state index < -0.39 is 0 Å². The second kappa shape index (κ2) is 6.15. The molecule has 2 aliphatic heterocycles. The molecule has 4 heteroatoms. The first-order chi connectivity index (χ1) is 10.1. The summed E-state index contributed by atoms with van der Waals surface area (Å²) in [5.41, 5.74) is 8.53. The second-order valence-electron chi connectivity index (χ2n) is 6.70. The van der Waals surface area contributed by atoms with Crippen molar-refractivity contribution in [3.63, 3.8) is 0 Å². The van der Waals surface area contributed by atoms with Crippen LogP contribution in [0, 0.1) is 0 Å². The maximum absolute atomic E-state index is 6.45. The number of halogens is 1. The molecule has 0 aliphatic carbocycles. The highest BCUT2D eigenvalue weighted by Gasteiger charge is 2.35. The smallest absolute Gasteiger partial charge is 0.0459 e.